The molecule has 1 aromatic carbocycles. The number of carbonyl (C=O) groups is 1. The molecule has 0 unspecified atom stereocenters. The third-order valence-electron chi connectivity index (χ3n) is 3.12. The van der Waals surface area contributed by atoms with E-state index < -0.39 is 0 Å². The van der Waals surface area contributed by atoms with Crippen LogP contribution in [0, 0.1) is 13.8 Å². The van der Waals surface area contributed by atoms with E-state index in [1.807, 2.05) is 50.2 Å². The number of hydrogen-bond acceptors (Lipinski definition) is 3. The Bertz CT molecular complexity index is 597. The maximum absolute atomic E-state index is 11.7. The van der Waals surface area contributed by atoms with E-state index in [2.05, 4.69) is 10.3 Å². The molecule has 0 saturated carbocycles. The minimum absolute atomic E-state index is 0.0361. The zero-order chi connectivity index (χ0) is 15.1. The van der Waals surface area contributed by atoms with Gasteiger partial charge in [0.1, 0.15) is 5.75 Å². The zero-order valence-corrected chi connectivity index (χ0v) is 12.4. The van der Waals surface area contributed by atoms with E-state index in [9.17, 15) is 4.79 Å². The molecule has 1 aromatic heterocycles. The van der Waals surface area contributed by atoms with Crippen molar-refractivity contribution in [1.29, 1.82) is 0 Å². The average molecular weight is 284 g/mol. The van der Waals surface area contributed by atoms with E-state index in [0.717, 1.165) is 22.6 Å². The topological polar surface area (TPSA) is 51.2 Å². The second-order valence-corrected chi connectivity index (χ2v) is 4.97. The molecule has 0 bridgehead atoms. The van der Waals surface area contributed by atoms with Crippen LogP contribution >= 0.6 is 0 Å². The first-order valence-corrected chi connectivity index (χ1v) is 7.02. The zero-order valence-electron chi connectivity index (χ0n) is 12.4. The van der Waals surface area contributed by atoms with Gasteiger partial charge in [-0.2, -0.15) is 0 Å². The summed E-state index contributed by atoms with van der Waals surface area (Å²) in [6.07, 6.45) is 2.05. The third-order valence-corrected chi connectivity index (χ3v) is 3.12. The fraction of sp³-hybridized carbons (Fsp3) is 0.294. The van der Waals surface area contributed by atoms with E-state index in [1.165, 1.54) is 0 Å². The number of pyridine rings is 1. The molecular weight excluding hydrogens is 264 g/mol. The summed E-state index contributed by atoms with van der Waals surface area (Å²) in [5.41, 5.74) is 3.07. The fourth-order valence-corrected chi connectivity index (χ4v) is 1.90. The highest BCUT2D eigenvalue weighted by molar-refractivity contribution is 5.75. The van der Waals surface area contributed by atoms with Gasteiger partial charge in [0.05, 0.1) is 25.3 Å². The molecule has 4 heteroatoms. The van der Waals surface area contributed by atoms with Gasteiger partial charge in [0.25, 0.3) is 0 Å². The van der Waals surface area contributed by atoms with Crippen LogP contribution in [0.3, 0.4) is 0 Å². The highest BCUT2D eigenvalue weighted by atomic mass is 16.5. The maximum Gasteiger partial charge on any atom is 0.223 e. The Morgan fingerprint density at radius 1 is 1.24 bits per heavy atom. The van der Waals surface area contributed by atoms with Crippen LogP contribution in [-0.2, 0) is 11.3 Å². The number of amides is 1. The summed E-state index contributed by atoms with van der Waals surface area (Å²) in [5.74, 6) is 0.804. The van der Waals surface area contributed by atoms with Crippen LogP contribution in [0.15, 0.2) is 42.6 Å². The van der Waals surface area contributed by atoms with Gasteiger partial charge < -0.3 is 10.1 Å². The summed E-state index contributed by atoms with van der Waals surface area (Å²) in [7, 11) is 0. The molecule has 1 heterocycles. The second kappa shape index (κ2) is 7.43. The highest BCUT2D eigenvalue weighted by Gasteiger charge is 2.04. The van der Waals surface area contributed by atoms with Crippen LogP contribution in [0.2, 0.25) is 0 Å². The van der Waals surface area contributed by atoms with Crippen molar-refractivity contribution in [2.45, 2.75) is 26.8 Å². The molecule has 0 fully saturated rings. The third kappa shape index (κ3) is 4.91. The number of ether oxygens (including phenoxy) is 1. The first-order valence-electron chi connectivity index (χ1n) is 7.02. The van der Waals surface area contributed by atoms with Gasteiger partial charge in [-0.1, -0.05) is 18.2 Å². The van der Waals surface area contributed by atoms with Crippen LogP contribution < -0.4 is 10.1 Å². The molecule has 2 rings (SSSR count). The lowest BCUT2D eigenvalue weighted by Crippen LogP contribution is -2.24. The van der Waals surface area contributed by atoms with Gasteiger partial charge in [-0.25, -0.2) is 0 Å². The Labute approximate surface area is 125 Å². The van der Waals surface area contributed by atoms with Gasteiger partial charge in [0.15, 0.2) is 0 Å². The molecular formula is C17H20N2O2. The molecule has 110 valence electrons. The number of aryl methyl sites for hydroxylation is 2. The lowest BCUT2D eigenvalue weighted by molar-refractivity contribution is -0.121. The normalized spacial score (nSPS) is 10.2. The lowest BCUT2D eigenvalue weighted by atomic mass is 10.1. The van der Waals surface area contributed by atoms with E-state index in [0.29, 0.717) is 19.6 Å². The van der Waals surface area contributed by atoms with Crippen LogP contribution in [0.25, 0.3) is 0 Å². The number of carbonyl (C=O) groups excluding carboxylic acids is 1. The van der Waals surface area contributed by atoms with Crippen molar-refractivity contribution >= 4 is 5.91 Å². The standard InChI is InChI=1S/C17H20N2O2/c1-13-6-7-14(2)16(11-13)21-10-8-17(20)19-12-15-5-3-4-9-18-15/h3-7,9,11H,8,10,12H2,1-2H3,(H,19,20). The Kier molecular flexibility index (Phi) is 5.32. The van der Waals surface area contributed by atoms with E-state index >= 15 is 0 Å². The van der Waals surface area contributed by atoms with Crippen LogP contribution in [0.1, 0.15) is 23.2 Å². The predicted octanol–water partition coefficient (Wildman–Crippen LogP) is 2.78. The summed E-state index contributed by atoms with van der Waals surface area (Å²) in [5, 5.41) is 2.83. The fourth-order valence-electron chi connectivity index (χ4n) is 1.90. The quantitative estimate of drug-likeness (QED) is 0.887. The largest absolute Gasteiger partial charge is 0.493 e. The molecule has 0 aliphatic carbocycles. The van der Waals surface area contributed by atoms with Crippen molar-refractivity contribution in [3.63, 3.8) is 0 Å². The molecule has 0 aliphatic rings. The molecule has 21 heavy (non-hydrogen) atoms. The van der Waals surface area contributed by atoms with Gasteiger partial charge in [0.2, 0.25) is 5.91 Å². The Morgan fingerprint density at radius 3 is 2.86 bits per heavy atom. The van der Waals surface area contributed by atoms with E-state index in [1.54, 1.807) is 6.20 Å². The number of hydrogen-bond donors (Lipinski definition) is 1. The lowest BCUT2D eigenvalue weighted by Gasteiger charge is -2.10. The van der Waals surface area contributed by atoms with Crippen molar-refractivity contribution in [3.05, 3.63) is 59.4 Å². The first-order chi connectivity index (χ1) is 10.1. The van der Waals surface area contributed by atoms with Gasteiger partial charge in [-0.3, -0.25) is 9.78 Å². The van der Waals surface area contributed by atoms with Gasteiger partial charge in [-0.05, 0) is 43.2 Å². The minimum atomic E-state index is -0.0361. The molecule has 0 saturated heterocycles. The van der Waals surface area contributed by atoms with Crippen molar-refractivity contribution in [3.8, 4) is 5.75 Å². The number of nitrogens with one attached hydrogen (secondary N) is 1. The van der Waals surface area contributed by atoms with Gasteiger partial charge in [0, 0.05) is 6.20 Å². The Balaban J connectivity index is 1.73. The monoisotopic (exact) mass is 284 g/mol. The molecule has 0 aliphatic heterocycles. The molecule has 1 amide bonds. The number of nitrogens with zero attached hydrogens (tertiary/aromatic N) is 1. The predicted molar refractivity (Wildman–Crippen MR) is 82.1 cm³/mol. The summed E-state index contributed by atoms with van der Waals surface area (Å²) in [6, 6.07) is 11.7. The van der Waals surface area contributed by atoms with Crippen molar-refractivity contribution in [2.24, 2.45) is 0 Å². The molecule has 4 nitrogen and oxygen atoms in total. The highest BCUT2D eigenvalue weighted by Crippen LogP contribution is 2.19. The van der Waals surface area contributed by atoms with Crippen molar-refractivity contribution in [2.75, 3.05) is 6.61 Å². The molecule has 0 atom stereocenters. The minimum Gasteiger partial charge on any atom is -0.493 e. The summed E-state index contributed by atoms with van der Waals surface area (Å²) in [6.45, 7) is 4.84. The SMILES string of the molecule is Cc1ccc(C)c(OCCC(=O)NCc2ccccn2)c1. The summed E-state index contributed by atoms with van der Waals surface area (Å²) >= 11 is 0. The molecule has 2 aromatic rings. The van der Waals surface area contributed by atoms with E-state index in [4.69, 9.17) is 4.74 Å². The Morgan fingerprint density at radius 2 is 2.10 bits per heavy atom. The first kappa shape index (κ1) is 15.0. The molecule has 0 radical (unpaired) electrons. The smallest absolute Gasteiger partial charge is 0.223 e. The summed E-state index contributed by atoms with van der Waals surface area (Å²) in [4.78, 5) is 15.9. The van der Waals surface area contributed by atoms with E-state index in [-0.39, 0.29) is 5.91 Å². The maximum atomic E-state index is 11.7. The van der Waals surface area contributed by atoms with Crippen molar-refractivity contribution in [1.82, 2.24) is 10.3 Å². The Hall–Kier alpha value is -2.36. The van der Waals surface area contributed by atoms with Crippen LogP contribution in [0.4, 0.5) is 0 Å². The van der Waals surface area contributed by atoms with Crippen LogP contribution in [-0.4, -0.2) is 17.5 Å². The van der Waals surface area contributed by atoms with Crippen LogP contribution in [0.5, 0.6) is 5.75 Å². The number of aromatic nitrogens is 1. The second-order valence-electron chi connectivity index (χ2n) is 4.97. The average Bonchev–Trinajstić information content (AvgIpc) is 2.50. The van der Waals surface area contributed by atoms with Gasteiger partial charge in [-0.15, -0.1) is 0 Å². The summed E-state index contributed by atoms with van der Waals surface area (Å²) < 4.78 is 5.66. The van der Waals surface area contributed by atoms with Crippen molar-refractivity contribution < 1.29 is 9.53 Å². The molecule has 0 spiro atoms. The number of benzene rings is 1. The molecule has 1 N–H and O–H groups in total. The van der Waals surface area contributed by atoms with Gasteiger partial charge >= 0.3 is 0 Å². The number of rotatable bonds is 6.